The average molecular weight is 283 g/mol. The Bertz CT molecular complexity index is 658. The molecular formula is C16H17N3O2. The minimum Gasteiger partial charge on any atom is -0.480 e. The van der Waals surface area contributed by atoms with Crippen molar-refractivity contribution in [1.82, 2.24) is 9.97 Å². The smallest absolute Gasteiger partial charge is 0.270 e. The van der Waals surface area contributed by atoms with Crippen molar-refractivity contribution < 1.29 is 9.53 Å². The van der Waals surface area contributed by atoms with E-state index in [4.69, 9.17) is 4.74 Å². The number of carbonyl (C=O) groups excluding carboxylic acids is 1. The molecule has 2 aromatic rings. The highest BCUT2D eigenvalue weighted by Crippen LogP contribution is 2.29. The summed E-state index contributed by atoms with van der Waals surface area (Å²) in [4.78, 5) is 22.1. The van der Waals surface area contributed by atoms with E-state index in [0.717, 1.165) is 17.7 Å². The first-order chi connectivity index (χ1) is 10.1. The summed E-state index contributed by atoms with van der Waals surface area (Å²) < 4.78 is 5.84. The van der Waals surface area contributed by atoms with Crippen LogP contribution in [-0.4, -0.2) is 29.0 Å². The Hall–Kier alpha value is -2.43. The highest BCUT2D eigenvalue weighted by molar-refractivity contribution is 5.94. The second-order valence-electron chi connectivity index (χ2n) is 5.20. The van der Waals surface area contributed by atoms with Gasteiger partial charge in [-0.05, 0) is 37.5 Å². The van der Waals surface area contributed by atoms with Gasteiger partial charge in [-0.1, -0.05) is 17.7 Å². The molecular weight excluding hydrogens is 266 g/mol. The van der Waals surface area contributed by atoms with Gasteiger partial charge in [0.05, 0.1) is 0 Å². The van der Waals surface area contributed by atoms with Gasteiger partial charge in [-0.15, -0.1) is 0 Å². The molecule has 0 bridgehead atoms. The summed E-state index contributed by atoms with van der Waals surface area (Å²) in [7, 11) is 1.67. The van der Waals surface area contributed by atoms with Gasteiger partial charge in [0.2, 0.25) is 5.95 Å². The van der Waals surface area contributed by atoms with Crippen LogP contribution in [0.4, 0.5) is 5.95 Å². The van der Waals surface area contributed by atoms with Crippen LogP contribution in [0.5, 0.6) is 5.75 Å². The molecule has 0 radical (unpaired) electrons. The van der Waals surface area contributed by atoms with Gasteiger partial charge in [-0.3, -0.25) is 9.69 Å². The number of carbonyl (C=O) groups is 1. The summed E-state index contributed by atoms with van der Waals surface area (Å²) in [5, 5.41) is 0. The summed E-state index contributed by atoms with van der Waals surface area (Å²) in [6.45, 7) is 2.05. The molecule has 1 aliphatic rings. The Kier molecular flexibility index (Phi) is 3.56. The fraction of sp³-hybridized carbons (Fsp3) is 0.312. The van der Waals surface area contributed by atoms with Crippen molar-refractivity contribution in [1.29, 1.82) is 0 Å². The largest absolute Gasteiger partial charge is 0.480 e. The standard InChI is InChI=1S/C16H17N3O2/c1-11-4-6-13-12(10-11)5-7-14(21-13)15(20)19(2)16-17-8-3-9-18-16/h3-4,6,8-10,14H,5,7H2,1-2H3. The van der Waals surface area contributed by atoms with Gasteiger partial charge in [0.25, 0.3) is 5.91 Å². The van der Waals surface area contributed by atoms with E-state index in [-0.39, 0.29) is 5.91 Å². The lowest BCUT2D eigenvalue weighted by Gasteiger charge is -2.28. The summed E-state index contributed by atoms with van der Waals surface area (Å²) in [5.41, 5.74) is 2.37. The molecule has 21 heavy (non-hydrogen) atoms. The van der Waals surface area contributed by atoms with Gasteiger partial charge in [-0.25, -0.2) is 9.97 Å². The first-order valence-corrected chi connectivity index (χ1v) is 6.96. The number of rotatable bonds is 2. The second-order valence-corrected chi connectivity index (χ2v) is 5.20. The lowest BCUT2D eigenvalue weighted by molar-refractivity contribution is -0.125. The van der Waals surface area contributed by atoms with Crippen molar-refractivity contribution in [3.63, 3.8) is 0 Å². The van der Waals surface area contributed by atoms with Crippen molar-refractivity contribution in [2.75, 3.05) is 11.9 Å². The lowest BCUT2D eigenvalue weighted by atomic mass is 10.00. The number of anilines is 1. The number of nitrogens with zero attached hydrogens (tertiary/aromatic N) is 3. The van der Waals surface area contributed by atoms with E-state index >= 15 is 0 Å². The molecule has 1 unspecified atom stereocenters. The van der Waals surface area contributed by atoms with Crippen molar-refractivity contribution in [2.45, 2.75) is 25.9 Å². The number of aryl methyl sites for hydroxylation is 2. The fourth-order valence-corrected chi connectivity index (χ4v) is 2.47. The molecule has 1 atom stereocenters. The highest BCUT2D eigenvalue weighted by Gasteiger charge is 2.29. The number of hydrogen-bond acceptors (Lipinski definition) is 4. The molecule has 1 amide bonds. The van der Waals surface area contributed by atoms with Crippen LogP contribution in [0.2, 0.25) is 0 Å². The van der Waals surface area contributed by atoms with E-state index in [9.17, 15) is 4.79 Å². The Morgan fingerprint density at radius 3 is 2.86 bits per heavy atom. The number of fused-ring (bicyclic) bond motifs is 1. The van der Waals surface area contributed by atoms with Crippen LogP contribution in [0.15, 0.2) is 36.7 Å². The Labute approximate surface area is 123 Å². The molecule has 5 nitrogen and oxygen atoms in total. The molecule has 0 fully saturated rings. The summed E-state index contributed by atoms with van der Waals surface area (Å²) in [6, 6.07) is 7.76. The monoisotopic (exact) mass is 283 g/mol. The third-order valence-corrected chi connectivity index (χ3v) is 3.62. The molecule has 0 spiro atoms. The maximum absolute atomic E-state index is 12.5. The molecule has 5 heteroatoms. The number of aromatic nitrogens is 2. The van der Waals surface area contributed by atoms with Crippen LogP contribution in [0.1, 0.15) is 17.5 Å². The molecule has 0 aliphatic carbocycles. The summed E-state index contributed by atoms with van der Waals surface area (Å²) in [6.07, 6.45) is 4.27. The zero-order valence-electron chi connectivity index (χ0n) is 12.1. The number of benzene rings is 1. The molecule has 1 aromatic heterocycles. The average Bonchev–Trinajstić information content (AvgIpc) is 2.53. The summed E-state index contributed by atoms with van der Waals surface area (Å²) in [5.74, 6) is 1.07. The van der Waals surface area contributed by atoms with Crippen LogP contribution in [0.3, 0.4) is 0 Å². The van der Waals surface area contributed by atoms with Crippen LogP contribution in [0.25, 0.3) is 0 Å². The zero-order valence-corrected chi connectivity index (χ0v) is 12.1. The predicted octanol–water partition coefficient (Wildman–Crippen LogP) is 2.14. The number of amides is 1. The number of likely N-dealkylation sites (N-methyl/N-ethyl adjacent to an activating group) is 1. The van der Waals surface area contributed by atoms with Crippen LogP contribution in [0, 0.1) is 6.92 Å². The van der Waals surface area contributed by atoms with Gasteiger partial charge in [0.1, 0.15) is 5.75 Å². The fourth-order valence-electron chi connectivity index (χ4n) is 2.47. The first kappa shape index (κ1) is 13.5. The zero-order chi connectivity index (χ0) is 14.8. The van der Waals surface area contributed by atoms with E-state index in [1.807, 2.05) is 12.1 Å². The van der Waals surface area contributed by atoms with Gasteiger partial charge in [0, 0.05) is 19.4 Å². The Morgan fingerprint density at radius 2 is 2.10 bits per heavy atom. The maximum atomic E-state index is 12.5. The molecule has 108 valence electrons. The van der Waals surface area contributed by atoms with Gasteiger partial charge in [0.15, 0.2) is 6.10 Å². The van der Waals surface area contributed by atoms with Crippen molar-refractivity contribution >= 4 is 11.9 Å². The highest BCUT2D eigenvalue weighted by atomic mass is 16.5. The van der Waals surface area contributed by atoms with Crippen molar-refractivity contribution in [2.24, 2.45) is 0 Å². The van der Waals surface area contributed by atoms with E-state index < -0.39 is 6.10 Å². The topological polar surface area (TPSA) is 55.3 Å². The van der Waals surface area contributed by atoms with Crippen LogP contribution >= 0.6 is 0 Å². The maximum Gasteiger partial charge on any atom is 0.270 e. The van der Waals surface area contributed by atoms with E-state index in [1.165, 1.54) is 10.5 Å². The Morgan fingerprint density at radius 1 is 1.33 bits per heavy atom. The van der Waals surface area contributed by atoms with Gasteiger partial charge < -0.3 is 4.74 Å². The first-order valence-electron chi connectivity index (χ1n) is 6.96. The molecule has 1 aliphatic heterocycles. The van der Waals surface area contributed by atoms with E-state index in [2.05, 4.69) is 23.0 Å². The van der Waals surface area contributed by atoms with Gasteiger partial charge in [-0.2, -0.15) is 0 Å². The van der Waals surface area contributed by atoms with Gasteiger partial charge >= 0.3 is 0 Å². The Balaban J connectivity index is 1.76. The second kappa shape index (κ2) is 5.52. The number of hydrogen-bond donors (Lipinski definition) is 0. The van der Waals surface area contributed by atoms with E-state index in [1.54, 1.807) is 25.5 Å². The molecule has 1 aromatic carbocycles. The number of ether oxygens (including phenoxy) is 1. The van der Waals surface area contributed by atoms with Crippen molar-refractivity contribution in [3.05, 3.63) is 47.8 Å². The third kappa shape index (κ3) is 2.72. The minimum atomic E-state index is -0.478. The molecule has 0 N–H and O–H groups in total. The normalized spacial score (nSPS) is 16.8. The van der Waals surface area contributed by atoms with Crippen LogP contribution < -0.4 is 9.64 Å². The third-order valence-electron chi connectivity index (χ3n) is 3.62. The lowest BCUT2D eigenvalue weighted by Crippen LogP contribution is -2.42. The van der Waals surface area contributed by atoms with Crippen LogP contribution in [-0.2, 0) is 11.2 Å². The minimum absolute atomic E-state index is 0.118. The van der Waals surface area contributed by atoms with E-state index in [0.29, 0.717) is 12.4 Å². The molecule has 2 heterocycles. The predicted molar refractivity (Wildman–Crippen MR) is 79.4 cm³/mol. The SMILES string of the molecule is Cc1ccc2c(c1)CCC(C(=O)N(C)c1ncccn1)O2. The summed E-state index contributed by atoms with van der Waals surface area (Å²) >= 11 is 0. The molecule has 0 saturated carbocycles. The molecule has 0 saturated heterocycles. The van der Waals surface area contributed by atoms with Crippen molar-refractivity contribution in [3.8, 4) is 5.75 Å². The quantitative estimate of drug-likeness (QED) is 0.847. The molecule has 3 rings (SSSR count).